The van der Waals surface area contributed by atoms with Crippen molar-refractivity contribution in [1.82, 2.24) is 9.47 Å². The molecule has 2 aliphatic heterocycles. The molecule has 0 bridgehead atoms. The number of allylic oxidation sites excluding steroid dienone is 1. The Balaban J connectivity index is 1.81. The molecule has 4 rings (SSSR count). The third kappa shape index (κ3) is 3.30. The van der Waals surface area contributed by atoms with Crippen LogP contribution in [0.2, 0.25) is 5.02 Å². The number of fused-ring (bicyclic) bond motifs is 1. The summed E-state index contributed by atoms with van der Waals surface area (Å²) in [7, 11) is 1.62. The highest BCUT2D eigenvalue weighted by atomic mass is 35.5. The van der Waals surface area contributed by atoms with E-state index in [9.17, 15) is 4.79 Å². The van der Waals surface area contributed by atoms with Crippen LogP contribution >= 0.6 is 23.4 Å². The molecule has 0 radical (unpaired) electrons. The van der Waals surface area contributed by atoms with Crippen molar-refractivity contribution in [2.75, 3.05) is 7.11 Å². The van der Waals surface area contributed by atoms with E-state index < -0.39 is 5.91 Å². The molecule has 0 unspecified atom stereocenters. The molecule has 0 fully saturated rings. The predicted molar refractivity (Wildman–Crippen MR) is 118 cm³/mol. The largest absolute Gasteiger partial charge is 0.495 e. The number of carbonyl (C=O) groups is 1. The monoisotopic (exact) mass is 426 g/mol. The van der Waals surface area contributed by atoms with Crippen LogP contribution in [0.1, 0.15) is 23.9 Å². The highest BCUT2D eigenvalue weighted by Gasteiger charge is 2.33. The minimum absolute atomic E-state index is 0.134. The van der Waals surface area contributed by atoms with Crippen LogP contribution in [0.15, 0.2) is 45.9 Å². The maximum absolute atomic E-state index is 12.6. The maximum Gasteiger partial charge on any atom is 0.283 e. The number of rotatable bonds is 3. The molecule has 29 heavy (non-hydrogen) atoms. The third-order valence-corrected chi connectivity index (χ3v) is 5.98. The van der Waals surface area contributed by atoms with E-state index in [2.05, 4.69) is 4.99 Å². The quantitative estimate of drug-likeness (QED) is 0.707. The zero-order valence-corrected chi connectivity index (χ0v) is 18.0. The lowest BCUT2D eigenvalue weighted by Crippen LogP contribution is -2.35. The van der Waals surface area contributed by atoms with Gasteiger partial charge in [-0.05, 0) is 56.7 Å². The van der Waals surface area contributed by atoms with Crippen molar-refractivity contribution in [3.8, 4) is 11.4 Å². The lowest BCUT2D eigenvalue weighted by atomic mass is 10.1. The Morgan fingerprint density at radius 2 is 2.00 bits per heavy atom. The number of methoxy groups -OCH3 is 1. The van der Waals surface area contributed by atoms with E-state index in [-0.39, 0.29) is 11.4 Å². The number of hydrogen-bond donors (Lipinski definition) is 1. The van der Waals surface area contributed by atoms with Crippen molar-refractivity contribution in [2.45, 2.75) is 20.8 Å². The molecule has 148 valence electrons. The van der Waals surface area contributed by atoms with Crippen molar-refractivity contribution in [3.63, 3.8) is 0 Å². The number of benzene rings is 1. The molecule has 0 atom stereocenters. The second-order valence-electron chi connectivity index (χ2n) is 6.80. The van der Waals surface area contributed by atoms with Crippen molar-refractivity contribution in [1.29, 1.82) is 5.41 Å². The van der Waals surface area contributed by atoms with Gasteiger partial charge in [0.05, 0.1) is 18.4 Å². The van der Waals surface area contributed by atoms with Gasteiger partial charge < -0.3 is 9.30 Å². The van der Waals surface area contributed by atoms with Crippen molar-refractivity contribution in [2.24, 2.45) is 4.99 Å². The lowest BCUT2D eigenvalue weighted by molar-refractivity contribution is -0.114. The Labute approximate surface area is 178 Å². The van der Waals surface area contributed by atoms with Crippen LogP contribution in [0.5, 0.6) is 5.75 Å². The first-order valence-corrected chi connectivity index (χ1v) is 10.1. The maximum atomic E-state index is 12.6. The normalized spacial score (nSPS) is 17.6. The molecule has 0 saturated carbocycles. The molecule has 0 saturated heterocycles. The molecule has 2 aromatic rings. The van der Waals surface area contributed by atoms with Gasteiger partial charge in [0.25, 0.3) is 5.91 Å². The summed E-state index contributed by atoms with van der Waals surface area (Å²) in [5.41, 5.74) is 3.79. The Hall–Kier alpha value is -2.77. The third-order valence-electron chi connectivity index (χ3n) is 4.84. The van der Waals surface area contributed by atoms with Gasteiger partial charge in [0.2, 0.25) is 0 Å². The number of carbonyl (C=O) groups excluding carboxylic acids is 1. The first-order chi connectivity index (χ1) is 13.8. The van der Waals surface area contributed by atoms with Gasteiger partial charge in [-0.15, -0.1) is 0 Å². The summed E-state index contributed by atoms with van der Waals surface area (Å²) in [4.78, 5) is 19.4. The predicted octanol–water partition coefficient (Wildman–Crippen LogP) is 4.92. The standard InChI is InChI=1S/C21H19ClN4O2S/c1-11-7-14(13(3)26(11)17-9-15(22)5-6-18(17)28-4)8-16-19(23)25-10-12(2)29-21(25)24-20(16)27/h5-10,23H,1-4H3. The number of aromatic nitrogens is 1. The highest BCUT2D eigenvalue weighted by molar-refractivity contribution is 8.17. The Kier molecular flexibility index (Phi) is 4.88. The summed E-state index contributed by atoms with van der Waals surface area (Å²) >= 11 is 7.61. The summed E-state index contributed by atoms with van der Waals surface area (Å²) in [5.74, 6) is 0.428. The summed E-state index contributed by atoms with van der Waals surface area (Å²) in [5, 5.41) is 9.62. The van der Waals surface area contributed by atoms with E-state index in [4.69, 9.17) is 21.7 Å². The van der Waals surface area contributed by atoms with Crippen LogP contribution in [0, 0.1) is 19.3 Å². The SMILES string of the molecule is COc1ccc(Cl)cc1-n1c(C)cc(C=C2C(=N)N3C=C(C)SC3=NC2=O)c1C. The minimum atomic E-state index is -0.401. The summed E-state index contributed by atoms with van der Waals surface area (Å²) in [6, 6.07) is 7.42. The molecule has 1 amide bonds. The summed E-state index contributed by atoms with van der Waals surface area (Å²) in [6.07, 6.45) is 3.55. The second-order valence-corrected chi connectivity index (χ2v) is 8.45. The molecule has 2 aliphatic rings. The number of hydrogen-bond acceptors (Lipinski definition) is 4. The molecule has 1 aromatic heterocycles. The zero-order valence-electron chi connectivity index (χ0n) is 16.4. The summed E-state index contributed by atoms with van der Waals surface area (Å²) in [6.45, 7) is 5.86. The topological polar surface area (TPSA) is 70.7 Å². The van der Waals surface area contributed by atoms with Crippen molar-refractivity contribution in [3.05, 3.63) is 62.9 Å². The van der Waals surface area contributed by atoms with Gasteiger partial charge in [-0.3, -0.25) is 15.1 Å². The Morgan fingerprint density at radius 1 is 1.24 bits per heavy atom. The second kappa shape index (κ2) is 7.24. The number of nitrogens with zero attached hydrogens (tertiary/aromatic N) is 3. The van der Waals surface area contributed by atoms with E-state index in [0.29, 0.717) is 15.9 Å². The number of ether oxygens (including phenoxy) is 1. The fraction of sp³-hybridized carbons (Fsp3) is 0.190. The van der Waals surface area contributed by atoms with Gasteiger partial charge in [-0.1, -0.05) is 23.4 Å². The zero-order chi connectivity index (χ0) is 20.9. The lowest BCUT2D eigenvalue weighted by Gasteiger charge is -2.22. The van der Waals surface area contributed by atoms with Crippen LogP contribution < -0.4 is 4.74 Å². The van der Waals surface area contributed by atoms with Crippen LogP contribution in [0.3, 0.4) is 0 Å². The van der Waals surface area contributed by atoms with Crippen molar-refractivity contribution >= 4 is 46.3 Å². The average Bonchev–Trinajstić information content (AvgIpc) is 3.17. The van der Waals surface area contributed by atoms with Crippen LogP contribution in [-0.4, -0.2) is 33.5 Å². The molecular weight excluding hydrogens is 408 g/mol. The fourth-order valence-electron chi connectivity index (χ4n) is 3.50. The molecule has 8 heteroatoms. The van der Waals surface area contributed by atoms with Crippen LogP contribution in [0.4, 0.5) is 0 Å². The number of aryl methyl sites for hydroxylation is 1. The first-order valence-electron chi connectivity index (χ1n) is 8.92. The Morgan fingerprint density at radius 3 is 2.72 bits per heavy atom. The van der Waals surface area contributed by atoms with Gasteiger partial charge in [0.15, 0.2) is 5.17 Å². The van der Waals surface area contributed by atoms with E-state index >= 15 is 0 Å². The molecule has 0 aliphatic carbocycles. The Bertz CT molecular complexity index is 1160. The molecule has 0 spiro atoms. The number of amides is 1. The van der Waals surface area contributed by atoms with Crippen molar-refractivity contribution < 1.29 is 9.53 Å². The number of amidine groups is 2. The van der Waals surface area contributed by atoms with Gasteiger partial charge in [0, 0.05) is 27.5 Å². The first kappa shape index (κ1) is 19.5. The number of thioether (sulfide) groups is 1. The van der Waals surface area contributed by atoms with Crippen LogP contribution in [0.25, 0.3) is 11.8 Å². The number of halogens is 1. The average molecular weight is 427 g/mol. The number of nitrogens with one attached hydrogen (secondary N) is 1. The minimum Gasteiger partial charge on any atom is -0.495 e. The molecule has 3 heterocycles. The fourth-order valence-corrected chi connectivity index (χ4v) is 4.48. The van der Waals surface area contributed by atoms with Gasteiger partial charge in [-0.2, -0.15) is 4.99 Å². The highest BCUT2D eigenvalue weighted by Crippen LogP contribution is 2.34. The molecular formula is C21H19ClN4O2S. The van der Waals surface area contributed by atoms with Gasteiger partial charge in [-0.25, -0.2) is 0 Å². The molecule has 6 nitrogen and oxygen atoms in total. The van der Waals surface area contributed by atoms with E-state index in [1.807, 2.05) is 49.7 Å². The molecule has 1 aromatic carbocycles. The number of aliphatic imine (C=N–C) groups is 1. The van der Waals surface area contributed by atoms with Crippen LogP contribution in [-0.2, 0) is 4.79 Å². The smallest absolute Gasteiger partial charge is 0.283 e. The molecule has 1 N–H and O–H groups in total. The van der Waals surface area contributed by atoms with Gasteiger partial charge >= 0.3 is 0 Å². The van der Waals surface area contributed by atoms with Gasteiger partial charge in [0.1, 0.15) is 11.6 Å². The van der Waals surface area contributed by atoms with E-state index in [0.717, 1.165) is 27.5 Å². The summed E-state index contributed by atoms with van der Waals surface area (Å²) < 4.78 is 7.53. The van der Waals surface area contributed by atoms with E-state index in [1.165, 1.54) is 11.8 Å². The van der Waals surface area contributed by atoms with E-state index in [1.54, 1.807) is 24.2 Å².